The number of amides is 1. The molecule has 3 N–H and O–H groups in total. The number of benzene rings is 1. The topological polar surface area (TPSA) is 64.3 Å². The minimum atomic E-state index is -0.00469. The molecule has 1 aromatic carbocycles. The molecule has 1 aromatic rings. The van der Waals surface area contributed by atoms with E-state index < -0.39 is 0 Å². The summed E-state index contributed by atoms with van der Waals surface area (Å²) in [5.41, 5.74) is 8.10. The van der Waals surface area contributed by atoms with Crippen LogP contribution in [0.25, 0.3) is 0 Å². The number of carbonyl (C=O) groups is 1. The Bertz CT molecular complexity index is 458. The zero-order valence-corrected chi connectivity index (χ0v) is 13.6. The smallest absolute Gasteiger partial charge is 0.223 e. The zero-order valence-electron chi connectivity index (χ0n) is 13.6. The minimum absolute atomic E-state index is 0.00469. The summed E-state index contributed by atoms with van der Waals surface area (Å²) in [6.45, 7) is 9.21. The lowest BCUT2D eigenvalue weighted by Crippen LogP contribution is -2.41. The predicted molar refractivity (Wildman–Crippen MR) is 86.5 cm³/mol. The fourth-order valence-corrected chi connectivity index (χ4v) is 2.15. The van der Waals surface area contributed by atoms with E-state index in [1.54, 1.807) is 0 Å². The molecule has 0 radical (unpaired) electrons. The molecule has 1 unspecified atom stereocenters. The molecule has 0 fully saturated rings. The normalized spacial score (nSPS) is 12.3. The highest BCUT2D eigenvalue weighted by atomic mass is 16.5. The summed E-state index contributed by atoms with van der Waals surface area (Å²) in [4.78, 5) is 11.9. The van der Waals surface area contributed by atoms with Crippen molar-refractivity contribution in [2.24, 2.45) is 11.7 Å². The summed E-state index contributed by atoms with van der Waals surface area (Å²) in [6, 6.07) is 6.01. The van der Waals surface area contributed by atoms with E-state index in [4.69, 9.17) is 10.5 Å². The van der Waals surface area contributed by atoms with Gasteiger partial charge in [0.15, 0.2) is 0 Å². The van der Waals surface area contributed by atoms with E-state index in [0.717, 1.165) is 12.2 Å². The van der Waals surface area contributed by atoms with Crippen molar-refractivity contribution in [2.75, 3.05) is 13.2 Å². The van der Waals surface area contributed by atoms with Gasteiger partial charge in [0.2, 0.25) is 5.91 Å². The second kappa shape index (κ2) is 8.67. The Morgan fingerprint density at radius 2 is 2.00 bits per heavy atom. The molecule has 4 heteroatoms. The lowest BCUT2D eigenvalue weighted by molar-refractivity contribution is -0.122. The van der Waals surface area contributed by atoms with Crippen molar-refractivity contribution in [1.82, 2.24) is 5.32 Å². The first-order valence-corrected chi connectivity index (χ1v) is 7.61. The van der Waals surface area contributed by atoms with Gasteiger partial charge in [0.05, 0.1) is 13.0 Å². The molecule has 0 aliphatic heterocycles. The maximum absolute atomic E-state index is 11.9. The van der Waals surface area contributed by atoms with E-state index in [1.165, 1.54) is 11.1 Å². The summed E-state index contributed by atoms with van der Waals surface area (Å²) in [7, 11) is 0. The number of ether oxygens (including phenoxy) is 1. The standard InChI is InChI=1S/C17H28N2O2/c1-12(2)9-15(11-18)19-17(20)7-8-21-16-6-5-13(3)14(4)10-16/h5-6,10,12,15H,7-9,11,18H2,1-4H3,(H,19,20). The van der Waals surface area contributed by atoms with Crippen molar-refractivity contribution >= 4 is 5.91 Å². The number of nitrogens with two attached hydrogens (primary N) is 1. The summed E-state index contributed by atoms with van der Waals surface area (Å²) in [6.07, 6.45) is 1.25. The van der Waals surface area contributed by atoms with Gasteiger partial charge in [-0.2, -0.15) is 0 Å². The average Bonchev–Trinajstić information content (AvgIpc) is 2.41. The van der Waals surface area contributed by atoms with Crippen LogP contribution < -0.4 is 15.8 Å². The fourth-order valence-electron chi connectivity index (χ4n) is 2.15. The Labute approximate surface area is 128 Å². The van der Waals surface area contributed by atoms with Crippen LogP contribution in [0.15, 0.2) is 18.2 Å². The highest BCUT2D eigenvalue weighted by Gasteiger charge is 2.12. The molecule has 0 saturated heterocycles. The molecule has 0 heterocycles. The lowest BCUT2D eigenvalue weighted by Gasteiger charge is -2.18. The second-order valence-electron chi connectivity index (χ2n) is 5.97. The molecular weight excluding hydrogens is 264 g/mol. The van der Waals surface area contributed by atoms with E-state index in [0.29, 0.717) is 25.5 Å². The van der Waals surface area contributed by atoms with Crippen LogP contribution in [0.4, 0.5) is 0 Å². The van der Waals surface area contributed by atoms with E-state index in [9.17, 15) is 4.79 Å². The number of aryl methyl sites for hydroxylation is 2. The van der Waals surface area contributed by atoms with Crippen molar-refractivity contribution in [3.8, 4) is 5.75 Å². The van der Waals surface area contributed by atoms with Crippen molar-refractivity contribution in [1.29, 1.82) is 0 Å². The lowest BCUT2D eigenvalue weighted by atomic mass is 10.0. The molecule has 0 aliphatic carbocycles. The van der Waals surface area contributed by atoms with Gasteiger partial charge >= 0.3 is 0 Å². The first kappa shape index (κ1) is 17.5. The van der Waals surface area contributed by atoms with E-state index in [-0.39, 0.29) is 11.9 Å². The zero-order chi connectivity index (χ0) is 15.8. The minimum Gasteiger partial charge on any atom is -0.493 e. The number of rotatable bonds is 8. The Morgan fingerprint density at radius 3 is 2.57 bits per heavy atom. The summed E-state index contributed by atoms with van der Waals surface area (Å²) < 4.78 is 5.62. The quantitative estimate of drug-likeness (QED) is 0.774. The highest BCUT2D eigenvalue weighted by Crippen LogP contribution is 2.16. The third-order valence-electron chi connectivity index (χ3n) is 3.48. The molecule has 0 aromatic heterocycles. The van der Waals surface area contributed by atoms with Gasteiger partial charge in [-0.25, -0.2) is 0 Å². The third kappa shape index (κ3) is 6.63. The van der Waals surface area contributed by atoms with Crippen LogP contribution in [0.2, 0.25) is 0 Å². The van der Waals surface area contributed by atoms with Crippen molar-refractivity contribution in [2.45, 2.75) is 46.6 Å². The molecule has 0 bridgehead atoms. The first-order chi connectivity index (χ1) is 9.92. The fraction of sp³-hybridized carbons (Fsp3) is 0.588. The van der Waals surface area contributed by atoms with Gasteiger partial charge in [-0.1, -0.05) is 19.9 Å². The summed E-state index contributed by atoms with van der Waals surface area (Å²) in [5.74, 6) is 1.32. The average molecular weight is 292 g/mol. The molecule has 1 atom stereocenters. The van der Waals surface area contributed by atoms with Gasteiger partial charge in [-0.15, -0.1) is 0 Å². The predicted octanol–water partition coefficient (Wildman–Crippen LogP) is 2.56. The molecule has 118 valence electrons. The highest BCUT2D eigenvalue weighted by molar-refractivity contribution is 5.76. The molecule has 1 amide bonds. The maximum Gasteiger partial charge on any atom is 0.223 e. The molecule has 0 aliphatic rings. The Hall–Kier alpha value is -1.55. The van der Waals surface area contributed by atoms with E-state index in [2.05, 4.69) is 26.1 Å². The van der Waals surface area contributed by atoms with Crippen molar-refractivity contribution in [3.63, 3.8) is 0 Å². The third-order valence-corrected chi connectivity index (χ3v) is 3.48. The summed E-state index contributed by atoms with van der Waals surface area (Å²) >= 11 is 0. The van der Waals surface area contributed by atoms with Crippen LogP contribution in [-0.2, 0) is 4.79 Å². The number of carbonyl (C=O) groups excluding carboxylic acids is 1. The number of hydrogen-bond acceptors (Lipinski definition) is 3. The maximum atomic E-state index is 11.9. The van der Waals surface area contributed by atoms with Crippen molar-refractivity contribution < 1.29 is 9.53 Å². The molecule has 0 spiro atoms. The Morgan fingerprint density at radius 1 is 1.29 bits per heavy atom. The molecule has 0 saturated carbocycles. The largest absolute Gasteiger partial charge is 0.493 e. The monoisotopic (exact) mass is 292 g/mol. The van der Waals surface area contributed by atoms with Gasteiger partial charge in [-0.05, 0) is 49.4 Å². The van der Waals surface area contributed by atoms with Crippen LogP contribution >= 0.6 is 0 Å². The first-order valence-electron chi connectivity index (χ1n) is 7.61. The SMILES string of the molecule is Cc1ccc(OCCC(=O)NC(CN)CC(C)C)cc1C. The van der Waals surface area contributed by atoms with Crippen molar-refractivity contribution in [3.05, 3.63) is 29.3 Å². The van der Waals surface area contributed by atoms with Crippen LogP contribution in [-0.4, -0.2) is 25.1 Å². The number of hydrogen-bond donors (Lipinski definition) is 2. The molecular formula is C17H28N2O2. The van der Waals surface area contributed by atoms with Crippen LogP contribution in [0.5, 0.6) is 5.75 Å². The van der Waals surface area contributed by atoms with Gasteiger partial charge in [0.25, 0.3) is 0 Å². The van der Waals surface area contributed by atoms with Gasteiger partial charge in [0.1, 0.15) is 5.75 Å². The molecule has 4 nitrogen and oxygen atoms in total. The van der Waals surface area contributed by atoms with Crippen LogP contribution in [0.1, 0.15) is 37.8 Å². The second-order valence-corrected chi connectivity index (χ2v) is 5.97. The van der Waals surface area contributed by atoms with Crippen LogP contribution in [0.3, 0.4) is 0 Å². The Balaban J connectivity index is 2.34. The molecule has 21 heavy (non-hydrogen) atoms. The van der Waals surface area contributed by atoms with Gasteiger partial charge in [0, 0.05) is 12.6 Å². The van der Waals surface area contributed by atoms with Gasteiger partial charge < -0.3 is 15.8 Å². The van der Waals surface area contributed by atoms with E-state index >= 15 is 0 Å². The number of nitrogens with one attached hydrogen (secondary N) is 1. The molecule has 1 rings (SSSR count). The Kier molecular flexibility index (Phi) is 7.23. The van der Waals surface area contributed by atoms with Gasteiger partial charge in [-0.3, -0.25) is 4.79 Å². The summed E-state index contributed by atoms with van der Waals surface area (Å²) in [5, 5.41) is 2.96. The van der Waals surface area contributed by atoms with Crippen LogP contribution in [0, 0.1) is 19.8 Å². The van der Waals surface area contributed by atoms with E-state index in [1.807, 2.05) is 25.1 Å².